The molecule has 2 nitrogen and oxygen atoms in total. The Morgan fingerprint density at radius 1 is 1.14 bits per heavy atom. The lowest BCUT2D eigenvalue weighted by Crippen LogP contribution is -1.96. The van der Waals surface area contributed by atoms with E-state index in [4.69, 9.17) is 0 Å². The Kier molecular flexibility index (Phi) is 3.87. The Morgan fingerprint density at radius 2 is 1.95 bits per heavy atom. The number of H-pyrrole nitrogens is 1. The van der Waals surface area contributed by atoms with Crippen molar-refractivity contribution in [2.75, 3.05) is 0 Å². The van der Waals surface area contributed by atoms with Crippen molar-refractivity contribution in [3.63, 3.8) is 0 Å². The molecule has 1 heterocycles. The van der Waals surface area contributed by atoms with Gasteiger partial charge in [0.1, 0.15) is 5.82 Å². The molecule has 3 aromatic rings. The highest BCUT2D eigenvalue weighted by Gasteiger charge is 2.10. The van der Waals surface area contributed by atoms with Crippen LogP contribution in [-0.2, 0) is 6.42 Å². The van der Waals surface area contributed by atoms with Crippen LogP contribution in [-0.4, -0.2) is 9.97 Å². The van der Waals surface area contributed by atoms with Crippen LogP contribution in [0.25, 0.3) is 22.6 Å². The van der Waals surface area contributed by atoms with E-state index in [1.54, 1.807) is 0 Å². The van der Waals surface area contributed by atoms with Crippen molar-refractivity contribution in [2.45, 2.75) is 20.3 Å². The summed E-state index contributed by atoms with van der Waals surface area (Å²) in [6.07, 6.45) is 2.97. The van der Waals surface area contributed by atoms with Crippen molar-refractivity contribution >= 4 is 0 Å². The number of rotatable bonds is 4. The summed E-state index contributed by atoms with van der Waals surface area (Å²) in [7, 11) is 0. The van der Waals surface area contributed by atoms with Gasteiger partial charge in [0.05, 0.1) is 11.9 Å². The summed E-state index contributed by atoms with van der Waals surface area (Å²) in [4.78, 5) is 7.94. The van der Waals surface area contributed by atoms with Crippen LogP contribution in [0.4, 0.5) is 0 Å². The van der Waals surface area contributed by atoms with Crippen LogP contribution in [0.3, 0.4) is 0 Å². The number of aromatic amines is 1. The van der Waals surface area contributed by atoms with Gasteiger partial charge >= 0.3 is 0 Å². The normalized spacial score (nSPS) is 11.0. The molecule has 2 aromatic carbocycles. The van der Waals surface area contributed by atoms with E-state index in [0.717, 1.165) is 23.5 Å². The van der Waals surface area contributed by atoms with Crippen LogP contribution in [0.2, 0.25) is 0 Å². The van der Waals surface area contributed by atoms with Crippen molar-refractivity contribution in [1.29, 1.82) is 0 Å². The van der Waals surface area contributed by atoms with Gasteiger partial charge in [-0.2, -0.15) is 0 Å². The SMILES string of the molecule is CC(C)Cc1cc[c]cc1-c1cnc(-c2ccccc2)[nH]1. The molecule has 0 aliphatic rings. The van der Waals surface area contributed by atoms with Crippen molar-refractivity contribution in [3.8, 4) is 22.6 Å². The van der Waals surface area contributed by atoms with Gasteiger partial charge in [-0.15, -0.1) is 0 Å². The maximum Gasteiger partial charge on any atom is 0.137 e. The molecule has 1 N–H and O–H groups in total. The monoisotopic (exact) mass is 275 g/mol. The van der Waals surface area contributed by atoms with Gasteiger partial charge in [-0.25, -0.2) is 4.98 Å². The van der Waals surface area contributed by atoms with Crippen LogP contribution in [0.15, 0.2) is 54.7 Å². The minimum absolute atomic E-state index is 0.627. The molecule has 105 valence electrons. The lowest BCUT2D eigenvalue weighted by atomic mass is 9.97. The van der Waals surface area contributed by atoms with E-state index in [9.17, 15) is 0 Å². The van der Waals surface area contributed by atoms with Gasteiger partial charge in [-0.3, -0.25) is 0 Å². The molecule has 0 unspecified atom stereocenters. The molecular weight excluding hydrogens is 256 g/mol. The Balaban J connectivity index is 1.97. The third-order valence-electron chi connectivity index (χ3n) is 3.50. The molecule has 0 bridgehead atoms. The molecule has 0 amide bonds. The second kappa shape index (κ2) is 5.96. The van der Waals surface area contributed by atoms with Crippen LogP contribution < -0.4 is 0 Å². The third-order valence-corrected chi connectivity index (χ3v) is 3.50. The van der Waals surface area contributed by atoms with E-state index in [1.165, 1.54) is 11.1 Å². The van der Waals surface area contributed by atoms with Gasteiger partial charge in [0.15, 0.2) is 0 Å². The van der Waals surface area contributed by atoms with E-state index >= 15 is 0 Å². The molecule has 1 radical (unpaired) electrons. The quantitative estimate of drug-likeness (QED) is 0.731. The second-order valence-electron chi connectivity index (χ2n) is 5.69. The van der Waals surface area contributed by atoms with E-state index in [2.05, 4.69) is 48.1 Å². The van der Waals surface area contributed by atoms with Gasteiger partial charge in [0.25, 0.3) is 0 Å². The molecule has 0 fully saturated rings. The average molecular weight is 275 g/mol. The van der Waals surface area contributed by atoms with E-state index in [1.807, 2.05) is 36.5 Å². The number of nitrogens with one attached hydrogen (secondary N) is 1. The first-order valence-electron chi connectivity index (χ1n) is 7.34. The molecule has 0 atom stereocenters. The topological polar surface area (TPSA) is 28.7 Å². The van der Waals surface area contributed by atoms with Gasteiger partial charge in [0.2, 0.25) is 0 Å². The minimum atomic E-state index is 0.627. The highest BCUT2D eigenvalue weighted by molar-refractivity contribution is 5.67. The van der Waals surface area contributed by atoms with E-state index in [0.29, 0.717) is 5.92 Å². The van der Waals surface area contributed by atoms with Crippen LogP contribution in [0.1, 0.15) is 19.4 Å². The Bertz CT molecular complexity index is 711. The molecule has 0 aliphatic heterocycles. The fourth-order valence-electron chi connectivity index (χ4n) is 2.53. The highest BCUT2D eigenvalue weighted by atomic mass is 14.9. The smallest absolute Gasteiger partial charge is 0.137 e. The number of aromatic nitrogens is 2. The first-order chi connectivity index (χ1) is 10.2. The standard InChI is InChI=1S/C19H19N2/c1-14(2)12-16-10-6-7-11-17(16)18-13-20-19(21-18)15-8-4-3-5-9-15/h3-6,8-11,13-14H,12H2,1-2H3,(H,20,21). The first-order valence-corrected chi connectivity index (χ1v) is 7.34. The minimum Gasteiger partial charge on any atom is -0.338 e. The summed E-state index contributed by atoms with van der Waals surface area (Å²) in [5.74, 6) is 1.53. The zero-order valence-corrected chi connectivity index (χ0v) is 12.4. The molecular formula is C19H19N2. The zero-order chi connectivity index (χ0) is 14.7. The third kappa shape index (κ3) is 3.05. The number of hydrogen-bond donors (Lipinski definition) is 1. The van der Waals surface area contributed by atoms with Gasteiger partial charge in [0, 0.05) is 11.1 Å². The predicted molar refractivity (Wildman–Crippen MR) is 86.8 cm³/mol. The summed E-state index contributed by atoms with van der Waals surface area (Å²) in [5, 5.41) is 0. The number of imidazole rings is 1. The fraction of sp³-hybridized carbons (Fsp3) is 0.211. The van der Waals surface area contributed by atoms with Crippen LogP contribution in [0, 0.1) is 12.0 Å². The number of benzene rings is 2. The van der Waals surface area contributed by atoms with Crippen molar-refractivity contribution < 1.29 is 0 Å². The van der Waals surface area contributed by atoms with Crippen LogP contribution >= 0.6 is 0 Å². The zero-order valence-electron chi connectivity index (χ0n) is 12.4. The summed E-state index contributed by atoms with van der Waals surface area (Å²) in [6, 6.07) is 19.5. The lowest BCUT2D eigenvalue weighted by Gasteiger charge is -2.09. The molecule has 2 heteroatoms. The summed E-state index contributed by atoms with van der Waals surface area (Å²) >= 11 is 0. The Morgan fingerprint density at radius 3 is 2.71 bits per heavy atom. The van der Waals surface area contributed by atoms with Crippen molar-refractivity contribution in [3.05, 3.63) is 66.4 Å². The van der Waals surface area contributed by atoms with Crippen molar-refractivity contribution in [2.24, 2.45) is 5.92 Å². The summed E-state index contributed by atoms with van der Waals surface area (Å²) in [6.45, 7) is 4.48. The van der Waals surface area contributed by atoms with Gasteiger partial charge in [-0.05, 0) is 30.0 Å². The highest BCUT2D eigenvalue weighted by Crippen LogP contribution is 2.26. The van der Waals surface area contributed by atoms with Crippen molar-refractivity contribution in [1.82, 2.24) is 9.97 Å². The molecule has 21 heavy (non-hydrogen) atoms. The molecule has 1 aromatic heterocycles. The van der Waals surface area contributed by atoms with E-state index in [-0.39, 0.29) is 0 Å². The van der Waals surface area contributed by atoms with Gasteiger partial charge < -0.3 is 4.98 Å². The summed E-state index contributed by atoms with van der Waals surface area (Å²) < 4.78 is 0. The Labute approximate surface area is 125 Å². The molecule has 0 saturated carbocycles. The molecule has 0 spiro atoms. The predicted octanol–water partition coefficient (Wildman–Crippen LogP) is 4.74. The second-order valence-corrected chi connectivity index (χ2v) is 5.69. The molecule has 3 rings (SSSR count). The maximum atomic E-state index is 4.51. The number of hydrogen-bond acceptors (Lipinski definition) is 1. The Hall–Kier alpha value is -2.35. The largest absolute Gasteiger partial charge is 0.338 e. The summed E-state index contributed by atoms with van der Waals surface area (Å²) in [5.41, 5.74) is 4.70. The van der Waals surface area contributed by atoms with E-state index < -0.39 is 0 Å². The fourth-order valence-corrected chi connectivity index (χ4v) is 2.53. The average Bonchev–Trinajstić information content (AvgIpc) is 2.98. The number of nitrogens with zero attached hydrogens (tertiary/aromatic N) is 1. The van der Waals surface area contributed by atoms with Crippen LogP contribution in [0.5, 0.6) is 0 Å². The van der Waals surface area contributed by atoms with Gasteiger partial charge in [-0.1, -0.05) is 56.3 Å². The molecule has 0 aliphatic carbocycles. The molecule has 0 saturated heterocycles. The maximum absolute atomic E-state index is 4.51. The lowest BCUT2D eigenvalue weighted by molar-refractivity contribution is 0.648. The first kappa shape index (κ1) is 13.6.